The lowest BCUT2D eigenvalue weighted by atomic mass is 10.0. The third-order valence-electron chi connectivity index (χ3n) is 6.01. The van der Waals surface area contributed by atoms with Gasteiger partial charge < -0.3 is 14.8 Å². The average molecular weight is 431 g/mol. The summed E-state index contributed by atoms with van der Waals surface area (Å²) in [6.45, 7) is 2.22. The molecule has 1 aliphatic heterocycles. The van der Waals surface area contributed by atoms with Crippen LogP contribution in [0.1, 0.15) is 24.0 Å². The van der Waals surface area contributed by atoms with E-state index in [1.807, 2.05) is 42.5 Å². The van der Waals surface area contributed by atoms with Gasteiger partial charge in [0.05, 0.1) is 20.3 Å². The average Bonchev–Trinajstić information content (AvgIpc) is 3.31. The zero-order valence-corrected chi connectivity index (χ0v) is 18.7. The molecule has 0 bridgehead atoms. The summed E-state index contributed by atoms with van der Waals surface area (Å²) in [6, 6.07) is 24.4. The molecule has 0 saturated carbocycles. The number of ether oxygens (including phenoxy) is 2. The van der Waals surface area contributed by atoms with Crippen LogP contribution >= 0.6 is 0 Å². The Balaban J connectivity index is 1.36. The van der Waals surface area contributed by atoms with E-state index in [2.05, 4.69) is 40.5 Å². The van der Waals surface area contributed by atoms with Gasteiger partial charge >= 0.3 is 0 Å². The normalized spacial score (nSPS) is 16.0. The molecule has 0 aromatic heterocycles. The minimum Gasteiger partial charge on any atom is -0.497 e. The van der Waals surface area contributed by atoms with E-state index in [1.165, 1.54) is 5.56 Å². The summed E-state index contributed by atoms with van der Waals surface area (Å²) in [7, 11) is 3.33. The summed E-state index contributed by atoms with van der Waals surface area (Å²) in [5, 5.41) is 3.10. The van der Waals surface area contributed by atoms with Gasteiger partial charge in [0, 0.05) is 13.1 Å². The number of likely N-dealkylation sites (tertiary alicyclic amines) is 1. The Bertz CT molecular complexity index is 1050. The first-order valence-corrected chi connectivity index (χ1v) is 11.0. The Labute approximate surface area is 190 Å². The summed E-state index contributed by atoms with van der Waals surface area (Å²) < 4.78 is 10.6. The molecule has 5 nitrogen and oxygen atoms in total. The van der Waals surface area contributed by atoms with Crippen LogP contribution in [0.3, 0.4) is 0 Å². The van der Waals surface area contributed by atoms with Gasteiger partial charge in [-0.25, -0.2) is 0 Å². The predicted octanol–water partition coefficient (Wildman–Crippen LogP) is 4.65. The highest BCUT2D eigenvalue weighted by Crippen LogP contribution is 2.26. The number of carbonyl (C=O) groups excluding carboxylic acids is 1. The summed E-state index contributed by atoms with van der Waals surface area (Å²) in [6.07, 6.45) is 1.94. The lowest BCUT2D eigenvalue weighted by Crippen LogP contribution is -2.42. The number of nitrogens with zero attached hydrogens (tertiary/aromatic N) is 1. The molecule has 1 aliphatic rings. The summed E-state index contributed by atoms with van der Waals surface area (Å²) in [5.74, 6) is 1.75. The molecule has 32 heavy (non-hydrogen) atoms. The molecule has 1 atom stereocenters. The molecule has 3 aromatic rings. The van der Waals surface area contributed by atoms with E-state index in [1.54, 1.807) is 14.2 Å². The molecule has 1 amide bonds. The van der Waals surface area contributed by atoms with Gasteiger partial charge in [-0.2, -0.15) is 0 Å². The van der Waals surface area contributed by atoms with Crippen LogP contribution in [0.4, 0.5) is 0 Å². The van der Waals surface area contributed by atoms with E-state index >= 15 is 0 Å². The van der Waals surface area contributed by atoms with Crippen LogP contribution < -0.4 is 14.8 Å². The fourth-order valence-electron chi connectivity index (χ4n) is 4.24. The van der Waals surface area contributed by atoms with Crippen LogP contribution in [-0.2, 0) is 17.9 Å². The number of hydrogen-bond acceptors (Lipinski definition) is 4. The Morgan fingerprint density at radius 3 is 2.38 bits per heavy atom. The third-order valence-corrected chi connectivity index (χ3v) is 6.01. The molecule has 166 valence electrons. The number of hydrogen-bond donors (Lipinski definition) is 1. The zero-order chi connectivity index (χ0) is 22.3. The Morgan fingerprint density at radius 2 is 1.62 bits per heavy atom. The van der Waals surface area contributed by atoms with Gasteiger partial charge in [0.1, 0.15) is 11.5 Å². The van der Waals surface area contributed by atoms with Crippen molar-refractivity contribution in [3.8, 4) is 22.6 Å². The first-order valence-electron chi connectivity index (χ1n) is 11.0. The molecule has 4 rings (SSSR count). The second-order valence-electron chi connectivity index (χ2n) is 8.13. The van der Waals surface area contributed by atoms with E-state index < -0.39 is 0 Å². The first-order chi connectivity index (χ1) is 15.7. The molecule has 5 heteroatoms. The number of benzene rings is 3. The number of methoxy groups -OCH3 is 2. The van der Waals surface area contributed by atoms with Crippen LogP contribution in [0.5, 0.6) is 11.5 Å². The summed E-state index contributed by atoms with van der Waals surface area (Å²) >= 11 is 0. The lowest BCUT2D eigenvalue weighted by molar-refractivity contribution is -0.125. The minimum atomic E-state index is -0.0846. The molecule has 1 fully saturated rings. The highest BCUT2D eigenvalue weighted by molar-refractivity contribution is 5.82. The summed E-state index contributed by atoms with van der Waals surface area (Å²) in [5.41, 5.74) is 4.54. The molecule has 0 spiro atoms. The maximum atomic E-state index is 12.9. The molecule has 1 heterocycles. The molecule has 0 radical (unpaired) electrons. The van der Waals surface area contributed by atoms with Crippen molar-refractivity contribution in [3.63, 3.8) is 0 Å². The van der Waals surface area contributed by atoms with Crippen molar-refractivity contribution in [3.05, 3.63) is 83.9 Å². The van der Waals surface area contributed by atoms with Gasteiger partial charge in [-0.15, -0.1) is 0 Å². The maximum absolute atomic E-state index is 12.9. The Hall–Kier alpha value is -3.31. The number of carbonyl (C=O) groups is 1. The van der Waals surface area contributed by atoms with E-state index in [0.29, 0.717) is 6.54 Å². The topological polar surface area (TPSA) is 50.8 Å². The largest absolute Gasteiger partial charge is 0.497 e. The van der Waals surface area contributed by atoms with Crippen LogP contribution in [0.25, 0.3) is 11.1 Å². The van der Waals surface area contributed by atoms with E-state index in [4.69, 9.17) is 9.47 Å². The number of nitrogens with one attached hydrogen (secondary N) is 1. The van der Waals surface area contributed by atoms with Gasteiger partial charge in [0.2, 0.25) is 5.91 Å². The number of amides is 1. The van der Waals surface area contributed by atoms with Crippen molar-refractivity contribution < 1.29 is 14.3 Å². The van der Waals surface area contributed by atoms with Crippen LogP contribution in [-0.4, -0.2) is 37.6 Å². The molecule has 0 aliphatic carbocycles. The second-order valence-corrected chi connectivity index (χ2v) is 8.13. The lowest BCUT2D eigenvalue weighted by Gasteiger charge is -2.24. The first kappa shape index (κ1) is 21.9. The van der Waals surface area contributed by atoms with Crippen molar-refractivity contribution in [2.45, 2.75) is 32.0 Å². The quantitative estimate of drug-likeness (QED) is 0.565. The monoisotopic (exact) mass is 430 g/mol. The Kier molecular flexibility index (Phi) is 7.07. The smallest absolute Gasteiger partial charge is 0.237 e. The third kappa shape index (κ3) is 5.29. The van der Waals surface area contributed by atoms with Crippen molar-refractivity contribution in [2.75, 3.05) is 20.8 Å². The fourth-order valence-corrected chi connectivity index (χ4v) is 4.24. The second kappa shape index (κ2) is 10.3. The van der Waals surface area contributed by atoms with Crippen LogP contribution in [0, 0.1) is 0 Å². The van der Waals surface area contributed by atoms with Gasteiger partial charge in [0.25, 0.3) is 0 Å². The Morgan fingerprint density at radius 1 is 0.906 bits per heavy atom. The SMILES string of the molecule is COc1cccc(CNC(=O)C2CCCN2Cc2ccc(-c3cccc(OC)c3)cc2)c1. The standard InChI is InChI=1S/C27H30N2O3/c1-31-24-8-3-6-21(16-24)18-28-27(30)26-10-5-15-29(26)19-20-11-13-22(14-12-20)23-7-4-9-25(17-23)32-2/h3-4,6-9,11-14,16-17,26H,5,10,15,18-19H2,1-2H3,(H,28,30). The molecule has 3 aromatic carbocycles. The maximum Gasteiger partial charge on any atom is 0.237 e. The van der Waals surface area contributed by atoms with Crippen molar-refractivity contribution in [2.24, 2.45) is 0 Å². The highest BCUT2D eigenvalue weighted by Gasteiger charge is 2.30. The fraction of sp³-hybridized carbons (Fsp3) is 0.296. The summed E-state index contributed by atoms with van der Waals surface area (Å²) in [4.78, 5) is 15.2. The van der Waals surface area contributed by atoms with E-state index in [-0.39, 0.29) is 11.9 Å². The van der Waals surface area contributed by atoms with Gasteiger partial charge in [-0.05, 0) is 65.9 Å². The van der Waals surface area contributed by atoms with Crippen LogP contribution in [0.15, 0.2) is 72.8 Å². The molecule has 1 unspecified atom stereocenters. The van der Waals surface area contributed by atoms with Crippen molar-refractivity contribution in [1.82, 2.24) is 10.2 Å². The van der Waals surface area contributed by atoms with Crippen molar-refractivity contribution >= 4 is 5.91 Å². The van der Waals surface area contributed by atoms with Gasteiger partial charge in [0.15, 0.2) is 0 Å². The van der Waals surface area contributed by atoms with Gasteiger partial charge in [-0.3, -0.25) is 9.69 Å². The van der Waals surface area contributed by atoms with Gasteiger partial charge in [-0.1, -0.05) is 48.5 Å². The highest BCUT2D eigenvalue weighted by atomic mass is 16.5. The number of rotatable bonds is 8. The van der Waals surface area contributed by atoms with Crippen LogP contribution in [0.2, 0.25) is 0 Å². The van der Waals surface area contributed by atoms with E-state index in [9.17, 15) is 4.79 Å². The molecular weight excluding hydrogens is 400 g/mol. The minimum absolute atomic E-state index is 0.0846. The predicted molar refractivity (Wildman–Crippen MR) is 127 cm³/mol. The zero-order valence-electron chi connectivity index (χ0n) is 18.7. The molecular formula is C27H30N2O3. The van der Waals surface area contributed by atoms with E-state index in [0.717, 1.165) is 54.1 Å². The molecule has 1 saturated heterocycles. The molecule has 1 N–H and O–H groups in total. The van der Waals surface area contributed by atoms with Crippen molar-refractivity contribution in [1.29, 1.82) is 0 Å².